The third-order valence-electron chi connectivity index (χ3n) is 4.62. The van der Waals surface area contributed by atoms with Gasteiger partial charge in [0.05, 0.1) is 6.54 Å². The Kier molecular flexibility index (Phi) is 5.22. The second kappa shape index (κ2) is 7.54. The van der Waals surface area contributed by atoms with Gasteiger partial charge in [0.1, 0.15) is 11.6 Å². The molecule has 1 aliphatic carbocycles. The number of benzene rings is 1. The van der Waals surface area contributed by atoms with Gasteiger partial charge >= 0.3 is 0 Å². The smallest absolute Gasteiger partial charge is 0.150 e. The van der Waals surface area contributed by atoms with E-state index in [0.29, 0.717) is 6.04 Å². The molecule has 0 bridgehead atoms. The second-order valence-electron chi connectivity index (χ2n) is 6.20. The lowest BCUT2D eigenvalue weighted by atomic mass is 10.1. The van der Waals surface area contributed by atoms with Gasteiger partial charge in [0, 0.05) is 19.0 Å². The van der Waals surface area contributed by atoms with E-state index in [1.807, 2.05) is 0 Å². The Hall–Kier alpha value is -1.68. The van der Waals surface area contributed by atoms with Crippen LogP contribution in [0.15, 0.2) is 30.3 Å². The van der Waals surface area contributed by atoms with Crippen LogP contribution in [0.3, 0.4) is 0 Å². The minimum absolute atomic E-state index is 0.707. The van der Waals surface area contributed by atoms with Gasteiger partial charge in [0.15, 0.2) is 0 Å². The van der Waals surface area contributed by atoms with Crippen molar-refractivity contribution in [1.29, 1.82) is 0 Å². The van der Waals surface area contributed by atoms with Gasteiger partial charge in [-0.25, -0.2) is 4.98 Å². The van der Waals surface area contributed by atoms with Gasteiger partial charge < -0.3 is 0 Å². The molecular weight excluding hydrogens is 272 g/mol. The molecule has 0 saturated heterocycles. The average molecular weight is 298 g/mol. The SMILES string of the molecule is CCc1n[nH]c(CN(CCc2ccccc2)C2CCCC2)n1. The van der Waals surface area contributed by atoms with Crippen LogP contribution >= 0.6 is 0 Å². The molecule has 1 saturated carbocycles. The molecule has 0 aliphatic heterocycles. The first kappa shape index (κ1) is 15.2. The van der Waals surface area contributed by atoms with Crippen molar-refractivity contribution < 1.29 is 0 Å². The highest BCUT2D eigenvalue weighted by Gasteiger charge is 2.23. The van der Waals surface area contributed by atoms with Crippen molar-refractivity contribution in [2.75, 3.05) is 6.54 Å². The van der Waals surface area contributed by atoms with Crippen LogP contribution in [0.4, 0.5) is 0 Å². The van der Waals surface area contributed by atoms with E-state index in [1.54, 1.807) is 0 Å². The van der Waals surface area contributed by atoms with E-state index < -0.39 is 0 Å². The van der Waals surface area contributed by atoms with Crippen molar-refractivity contribution in [3.63, 3.8) is 0 Å². The van der Waals surface area contributed by atoms with Gasteiger partial charge in [-0.15, -0.1) is 0 Å². The molecule has 22 heavy (non-hydrogen) atoms. The summed E-state index contributed by atoms with van der Waals surface area (Å²) in [6.07, 6.45) is 7.37. The minimum atomic E-state index is 0.707. The van der Waals surface area contributed by atoms with Crippen molar-refractivity contribution in [3.05, 3.63) is 47.5 Å². The summed E-state index contributed by atoms with van der Waals surface area (Å²) in [5.74, 6) is 1.93. The van der Waals surface area contributed by atoms with Crippen molar-refractivity contribution in [3.8, 4) is 0 Å². The summed E-state index contributed by atoms with van der Waals surface area (Å²) < 4.78 is 0. The molecule has 0 unspecified atom stereocenters. The molecule has 4 nitrogen and oxygen atoms in total. The summed E-state index contributed by atoms with van der Waals surface area (Å²) in [5, 5.41) is 7.38. The summed E-state index contributed by atoms with van der Waals surface area (Å²) >= 11 is 0. The maximum Gasteiger partial charge on any atom is 0.150 e. The zero-order valence-corrected chi connectivity index (χ0v) is 13.5. The van der Waals surface area contributed by atoms with Crippen LogP contribution in [0.25, 0.3) is 0 Å². The number of nitrogens with one attached hydrogen (secondary N) is 1. The van der Waals surface area contributed by atoms with Crippen LogP contribution in [-0.2, 0) is 19.4 Å². The number of H-pyrrole nitrogens is 1. The number of aromatic amines is 1. The van der Waals surface area contributed by atoms with E-state index in [1.165, 1.54) is 31.2 Å². The normalized spacial score (nSPS) is 15.7. The van der Waals surface area contributed by atoms with Crippen molar-refractivity contribution >= 4 is 0 Å². The Bertz CT molecular complexity index is 557. The van der Waals surface area contributed by atoms with Crippen molar-refractivity contribution in [2.24, 2.45) is 0 Å². The second-order valence-corrected chi connectivity index (χ2v) is 6.20. The summed E-state index contributed by atoms with van der Waals surface area (Å²) in [5.41, 5.74) is 1.41. The highest BCUT2D eigenvalue weighted by molar-refractivity contribution is 5.15. The molecule has 0 radical (unpaired) electrons. The van der Waals surface area contributed by atoms with Crippen LogP contribution in [0.2, 0.25) is 0 Å². The van der Waals surface area contributed by atoms with Gasteiger partial charge in [-0.3, -0.25) is 10.00 Å². The first-order valence-electron chi connectivity index (χ1n) is 8.53. The summed E-state index contributed by atoms with van der Waals surface area (Å²) in [7, 11) is 0. The Morgan fingerprint density at radius 1 is 1.18 bits per heavy atom. The largest absolute Gasteiger partial charge is 0.293 e. The first-order chi connectivity index (χ1) is 10.8. The molecule has 1 N–H and O–H groups in total. The standard InChI is InChI=1S/C18H26N4/c1-2-17-19-18(21-20-17)14-22(16-10-6-7-11-16)13-12-15-8-4-3-5-9-15/h3-5,8-9,16H,2,6-7,10-14H2,1H3,(H,19,20,21). The van der Waals surface area contributed by atoms with Gasteiger partial charge in [0.25, 0.3) is 0 Å². The summed E-state index contributed by atoms with van der Waals surface area (Å²) in [6.45, 7) is 4.08. The summed E-state index contributed by atoms with van der Waals surface area (Å²) in [6, 6.07) is 11.5. The first-order valence-corrected chi connectivity index (χ1v) is 8.53. The molecule has 0 atom stereocenters. The van der Waals surface area contributed by atoms with Crippen molar-refractivity contribution in [2.45, 2.75) is 58.0 Å². The van der Waals surface area contributed by atoms with E-state index in [-0.39, 0.29) is 0 Å². The maximum absolute atomic E-state index is 4.59. The van der Waals surface area contributed by atoms with Crippen LogP contribution < -0.4 is 0 Å². The van der Waals surface area contributed by atoms with Gasteiger partial charge in [0.2, 0.25) is 0 Å². The third kappa shape index (κ3) is 3.95. The number of nitrogens with zero attached hydrogens (tertiary/aromatic N) is 3. The minimum Gasteiger partial charge on any atom is -0.293 e. The Labute approximate surface area is 133 Å². The fourth-order valence-corrected chi connectivity index (χ4v) is 3.33. The lowest BCUT2D eigenvalue weighted by Crippen LogP contribution is -2.35. The zero-order chi connectivity index (χ0) is 15.2. The molecular formula is C18H26N4. The number of hydrogen-bond acceptors (Lipinski definition) is 3. The molecule has 118 valence electrons. The van der Waals surface area contributed by atoms with Gasteiger partial charge in [-0.05, 0) is 24.8 Å². The van der Waals surface area contributed by atoms with E-state index in [9.17, 15) is 0 Å². The number of aromatic nitrogens is 3. The van der Waals surface area contributed by atoms with E-state index >= 15 is 0 Å². The fraction of sp³-hybridized carbons (Fsp3) is 0.556. The Balaban J connectivity index is 1.64. The lowest BCUT2D eigenvalue weighted by molar-refractivity contribution is 0.187. The molecule has 1 aromatic heterocycles. The average Bonchev–Trinajstić information content (AvgIpc) is 3.24. The zero-order valence-electron chi connectivity index (χ0n) is 13.5. The van der Waals surface area contributed by atoms with Crippen molar-refractivity contribution in [1.82, 2.24) is 20.1 Å². The van der Waals surface area contributed by atoms with E-state index in [4.69, 9.17) is 0 Å². The van der Waals surface area contributed by atoms with Crippen LogP contribution in [0, 0.1) is 0 Å². The molecule has 4 heteroatoms. The summed E-state index contributed by atoms with van der Waals surface area (Å²) in [4.78, 5) is 7.18. The number of rotatable bonds is 7. The molecule has 0 amide bonds. The predicted octanol–water partition coefficient (Wildman–Crippen LogP) is 3.35. The topological polar surface area (TPSA) is 44.8 Å². The van der Waals surface area contributed by atoms with Crippen LogP contribution in [0.1, 0.15) is 49.8 Å². The monoisotopic (exact) mass is 298 g/mol. The fourth-order valence-electron chi connectivity index (χ4n) is 3.33. The van der Waals surface area contributed by atoms with E-state index in [2.05, 4.69) is 57.3 Å². The molecule has 0 spiro atoms. The molecule has 1 fully saturated rings. The Morgan fingerprint density at radius 3 is 2.64 bits per heavy atom. The molecule has 2 aromatic rings. The molecule has 1 aromatic carbocycles. The lowest BCUT2D eigenvalue weighted by Gasteiger charge is -2.27. The third-order valence-corrected chi connectivity index (χ3v) is 4.62. The highest BCUT2D eigenvalue weighted by atomic mass is 15.3. The predicted molar refractivity (Wildman–Crippen MR) is 88.6 cm³/mol. The Morgan fingerprint density at radius 2 is 1.95 bits per heavy atom. The molecule has 1 aliphatic rings. The van der Waals surface area contributed by atoms with E-state index in [0.717, 1.165) is 37.6 Å². The molecule has 1 heterocycles. The van der Waals surface area contributed by atoms with Gasteiger partial charge in [-0.1, -0.05) is 50.1 Å². The number of aryl methyl sites for hydroxylation is 1. The molecule has 3 rings (SSSR count). The number of hydrogen-bond donors (Lipinski definition) is 1. The highest BCUT2D eigenvalue weighted by Crippen LogP contribution is 2.24. The van der Waals surface area contributed by atoms with Crippen LogP contribution in [-0.4, -0.2) is 32.7 Å². The van der Waals surface area contributed by atoms with Crippen LogP contribution in [0.5, 0.6) is 0 Å². The maximum atomic E-state index is 4.59. The van der Waals surface area contributed by atoms with Gasteiger partial charge in [-0.2, -0.15) is 5.10 Å². The quantitative estimate of drug-likeness (QED) is 0.852.